The van der Waals surface area contributed by atoms with Gasteiger partial charge in [0.2, 0.25) is 0 Å². The molecular weight excluding hydrogens is 254 g/mol. The number of nitrogens with one attached hydrogen (secondary N) is 1. The first-order chi connectivity index (χ1) is 9.58. The monoisotopic (exact) mass is 271 g/mol. The van der Waals surface area contributed by atoms with E-state index >= 15 is 0 Å². The highest BCUT2D eigenvalue weighted by atomic mass is 16.3. The number of hydrazone groups is 1. The molecule has 1 aromatic heterocycles. The molecule has 1 aromatic carbocycles. The summed E-state index contributed by atoms with van der Waals surface area (Å²) in [5.41, 5.74) is 5.26. The number of carbonyl (C=O) groups is 1. The van der Waals surface area contributed by atoms with E-state index in [9.17, 15) is 4.79 Å². The van der Waals surface area contributed by atoms with Crippen LogP contribution < -0.4 is 10.3 Å². The number of furan rings is 1. The Labute approximate surface area is 117 Å². The Morgan fingerprint density at radius 2 is 1.90 bits per heavy atom. The molecule has 5 nitrogen and oxygen atoms in total. The molecule has 0 aliphatic carbocycles. The minimum Gasteiger partial charge on any atom is -0.459 e. The molecule has 1 N–H and O–H groups in total. The summed E-state index contributed by atoms with van der Waals surface area (Å²) in [6.45, 7) is 1.84. The van der Waals surface area contributed by atoms with Crippen LogP contribution >= 0.6 is 0 Å². The molecule has 0 saturated carbocycles. The zero-order valence-electron chi connectivity index (χ0n) is 11.8. The Hall–Kier alpha value is -2.56. The molecule has 20 heavy (non-hydrogen) atoms. The highest BCUT2D eigenvalue weighted by Crippen LogP contribution is 2.12. The van der Waals surface area contributed by atoms with Crippen molar-refractivity contribution < 1.29 is 9.21 Å². The maximum atomic E-state index is 11.7. The molecule has 104 valence electrons. The molecule has 0 unspecified atom stereocenters. The van der Waals surface area contributed by atoms with Crippen LogP contribution in [0.15, 0.2) is 52.2 Å². The average Bonchev–Trinajstić information content (AvgIpc) is 2.98. The molecule has 5 heteroatoms. The van der Waals surface area contributed by atoms with Crippen molar-refractivity contribution in [3.8, 4) is 0 Å². The predicted octanol–water partition coefficient (Wildman–Crippen LogP) is 2.50. The van der Waals surface area contributed by atoms with Crippen molar-refractivity contribution in [2.24, 2.45) is 5.10 Å². The van der Waals surface area contributed by atoms with Crippen molar-refractivity contribution >= 4 is 17.3 Å². The van der Waals surface area contributed by atoms with Crippen LogP contribution in [-0.4, -0.2) is 25.7 Å². The lowest BCUT2D eigenvalue weighted by molar-refractivity contribution is 0.0927. The zero-order chi connectivity index (χ0) is 14.5. The quantitative estimate of drug-likeness (QED) is 0.686. The summed E-state index contributed by atoms with van der Waals surface area (Å²) in [7, 11) is 3.97. The van der Waals surface area contributed by atoms with Gasteiger partial charge in [0.1, 0.15) is 0 Å². The van der Waals surface area contributed by atoms with Gasteiger partial charge in [-0.3, -0.25) is 4.79 Å². The van der Waals surface area contributed by atoms with Crippen molar-refractivity contribution in [1.82, 2.24) is 5.43 Å². The first-order valence-corrected chi connectivity index (χ1v) is 6.24. The Balaban J connectivity index is 2.05. The highest BCUT2D eigenvalue weighted by Gasteiger charge is 2.07. The van der Waals surface area contributed by atoms with Crippen LogP contribution in [0, 0.1) is 0 Å². The number of carbonyl (C=O) groups excluding carboxylic acids is 1. The van der Waals surface area contributed by atoms with Gasteiger partial charge in [-0.25, -0.2) is 5.43 Å². The van der Waals surface area contributed by atoms with E-state index in [1.165, 1.54) is 6.26 Å². The minimum atomic E-state index is -0.362. The zero-order valence-corrected chi connectivity index (χ0v) is 11.8. The molecule has 0 radical (unpaired) electrons. The number of nitrogens with zero attached hydrogens (tertiary/aromatic N) is 2. The SMILES string of the molecule is C/C(=N/NC(=O)c1ccco1)c1ccc(N(C)C)cc1. The second kappa shape index (κ2) is 6.06. The molecule has 0 spiro atoms. The van der Waals surface area contributed by atoms with Crippen LogP contribution in [-0.2, 0) is 0 Å². The average molecular weight is 271 g/mol. The first-order valence-electron chi connectivity index (χ1n) is 6.24. The van der Waals surface area contributed by atoms with Gasteiger partial charge in [-0.05, 0) is 36.8 Å². The molecule has 0 fully saturated rings. The predicted molar refractivity (Wildman–Crippen MR) is 79.2 cm³/mol. The Morgan fingerprint density at radius 3 is 2.45 bits per heavy atom. The number of anilines is 1. The van der Waals surface area contributed by atoms with E-state index in [1.54, 1.807) is 12.1 Å². The molecule has 1 heterocycles. The molecule has 1 amide bonds. The topological polar surface area (TPSA) is 57.8 Å². The van der Waals surface area contributed by atoms with Crippen molar-refractivity contribution in [3.05, 3.63) is 54.0 Å². The summed E-state index contributed by atoms with van der Waals surface area (Å²) < 4.78 is 4.99. The van der Waals surface area contributed by atoms with Gasteiger partial charge >= 0.3 is 5.91 Å². The van der Waals surface area contributed by atoms with E-state index in [-0.39, 0.29) is 11.7 Å². The molecule has 0 aliphatic rings. The van der Waals surface area contributed by atoms with E-state index in [4.69, 9.17) is 4.42 Å². The number of benzene rings is 1. The van der Waals surface area contributed by atoms with E-state index in [1.807, 2.05) is 50.2 Å². The standard InChI is InChI=1S/C15H17N3O2/c1-11(12-6-8-13(9-7-12)18(2)3)16-17-15(19)14-5-4-10-20-14/h4-10H,1-3H3,(H,17,19)/b16-11-. The van der Waals surface area contributed by atoms with Crippen molar-refractivity contribution in [1.29, 1.82) is 0 Å². The lowest BCUT2D eigenvalue weighted by Crippen LogP contribution is -2.18. The van der Waals surface area contributed by atoms with Gasteiger partial charge in [0.25, 0.3) is 0 Å². The summed E-state index contributed by atoms with van der Waals surface area (Å²) in [6, 6.07) is 11.2. The minimum absolute atomic E-state index is 0.240. The maximum Gasteiger partial charge on any atom is 0.307 e. The summed E-state index contributed by atoms with van der Waals surface area (Å²) in [6.07, 6.45) is 1.45. The van der Waals surface area contributed by atoms with Gasteiger partial charge in [-0.2, -0.15) is 5.10 Å². The number of hydrogen-bond donors (Lipinski definition) is 1. The van der Waals surface area contributed by atoms with Crippen molar-refractivity contribution in [2.45, 2.75) is 6.92 Å². The third kappa shape index (κ3) is 3.26. The number of amides is 1. The van der Waals surface area contributed by atoms with E-state index in [0.717, 1.165) is 17.0 Å². The van der Waals surface area contributed by atoms with Crippen molar-refractivity contribution in [3.63, 3.8) is 0 Å². The molecule has 2 aromatic rings. The van der Waals surface area contributed by atoms with Crippen LogP contribution in [0.1, 0.15) is 23.0 Å². The third-order valence-corrected chi connectivity index (χ3v) is 2.87. The normalized spacial score (nSPS) is 11.2. The van der Waals surface area contributed by atoms with Crippen LogP contribution in [0.5, 0.6) is 0 Å². The molecule has 0 aliphatic heterocycles. The summed E-state index contributed by atoms with van der Waals surface area (Å²) in [5, 5.41) is 4.07. The maximum absolute atomic E-state index is 11.7. The van der Waals surface area contributed by atoms with E-state index < -0.39 is 0 Å². The summed E-state index contributed by atoms with van der Waals surface area (Å²) in [5.74, 6) is -0.122. The molecule has 0 atom stereocenters. The number of hydrogen-bond acceptors (Lipinski definition) is 4. The van der Waals surface area contributed by atoms with Crippen LogP contribution in [0.4, 0.5) is 5.69 Å². The van der Waals surface area contributed by atoms with Gasteiger partial charge < -0.3 is 9.32 Å². The van der Waals surface area contributed by atoms with Gasteiger partial charge in [0, 0.05) is 19.8 Å². The fourth-order valence-corrected chi connectivity index (χ4v) is 1.66. The third-order valence-electron chi connectivity index (χ3n) is 2.87. The highest BCUT2D eigenvalue weighted by molar-refractivity contribution is 6.00. The van der Waals surface area contributed by atoms with Gasteiger partial charge in [-0.1, -0.05) is 12.1 Å². The molecule has 2 rings (SSSR count). The fraction of sp³-hybridized carbons (Fsp3) is 0.200. The largest absolute Gasteiger partial charge is 0.459 e. The van der Waals surface area contributed by atoms with Gasteiger partial charge in [0.05, 0.1) is 12.0 Å². The fourth-order valence-electron chi connectivity index (χ4n) is 1.66. The lowest BCUT2D eigenvalue weighted by atomic mass is 10.1. The van der Waals surface area contributed by atoms with Crippen molar-refractivity contribution in [2.75, 3.05) is 19.0 Å². The van der Waals surface area contributed by atoms with Crippen LogP contribution in [0.25, 0.3) is 0 Å². The van der Waals surface area contributed by atoms with E-state index in [0.29, 0.717) is 0 Å². The Kier molecular flexibility index (Phi) is 4.20. The van der Waals surface area contributed by atoms with Crippen LogP contribution in [0.3, 0.4) is 0 Å². The smallest absolute Gasteiger partial charge is 0.307 e. The Bertz CT molecular complexity index is 599. The lowest BCUT2D eigenvalue weighted by Gasteiger charge is -2.12. The molecular formula is C15H17N3O2. The van der Waals surface area contributed by atoms with Gasteiger partial charge in [-0.15, -0.1) is 0 Å². The second-order valence-electron chi connectivity index (χ2n) is 4.56. The van der Waals surface area contributed by atoms with Gasteiger partial charge in [0.15, 0.2) is 5.76 Å². The number of rotatable bonds is 4. The molecule has 0 bridgehead atoms. The van der Waals surface area contributed by atoms with E-state index in [2.05, 4.69) is 10.5 Å². The summed E-state index contributed by atoms with van der Waals surface area (Å²) >= 11 is 0. The Morgan fingerprint density at radius 1 is 1.20 bits per heavy atom. The van der Waals surface area contributed by atoms with Crippen LogP contribution in [0.2, 0.25) is 0 Å². The second-order valence-corrected chi connectivity index (χ2v) is 4.56. The first kappa shape index (κ1) is 13.9. The molecule has 0 saturated heterocycles. The summed E-state index contributed by atoms with van der Waals surface area (Å²) in [4.78, 5) is 13.7.